The predicted molar refractivity (Wildman–Crippen MR) is 69.9 cm³/mol. The summed E-state index contributed by atoms with van der Waals surface area (Å²) in [5, 5.41) is 9.54. The first-order chi connectivity index (χ1) is 8.58. The van der Waals surface area contributed by atoms with E-state index in [0.717, 1.165) is 0 Å². The second-order valence-electron chi connectivity index (χ2n) is 3.49. The first kappa shape index (κ1) is 12.7. The molecule has 0 aliphatic carbocycles. The summed E-state index contributed by atoms with van der Waals surface area (Å²) >= 11 is 11.8. The smallest absolute Gasteiger partial charge is 0.335 e. The van der Waals surface area contributed by atoms with E-state index in [9.17, 15) is 4.79 Å². The molecule has 2 aromatic carbocycles. The lowest BCUT2D eigenvalue weighted by atomic mass is 10.2. The standard InChI is InChI=1S/C13H8Cl2O3/c14-10-5-2-6-11(12(10)15)18-9-4-1-3-8(7-9)13(16)17/h1-7H,(H,16,17). The van der Waals surface area contributed by atoms with Crippen LogP contribution in [0.3, 0.4) is 0 Å². The molecule has 1 N–H and O–H groups in total. The third-order valence-corrected chi connectivity index (χ3v) is 3.03. The highest BCUT2D eigenvalue weighted by Crippen LogP contribution is 2.34. The molecule has 0 heterocycles. The van der Waals surface area contributed by atoms with E-state index in [-0.39, 0.29) is 5.56 Å². The van der Waals surface area contributed by atoms with Gasteiger partial charge in [0.2, 0.25) is 0 Å². The maximum Gasteiger partial charge on any atom is 0.335 e. The molecule has 0 unspecified atom stereocenters. The van der Waals surface area contributed by atoms with Crippen molar-refractivity contribution in [1.82, 2.24) is 0 Å². The molecule has 0 aliphatic heterocycles. The van der Waals surface area contributed by atoms with E-state index in [1.165, 1.54) is 12.1 Å². The van der Waals surface area contributed by atoms with Gasteiger partial charge in [-0.1, -0.05) is 35.3 Å². The Hall–Kier alpha value is -1.71. The predicted octanol–water partition coefficient (Wildman–Crippen LogP) is 4.48. The molecule has 5 heteroatoms. The fraction of sp³-hybridized carbons (Fsp3) is 0. The van der Waals surface area contributed by atoms with Gasteiger partial charge < -0.3 is 9.84 Å². The lowest BCUT2D eigenvalue weighted by molar-refractivity contribution is 0.0696. The number of carboxylic acid groups (broad SMARTS) is 1. The van der Waals surface area contributed by atoms with Crippen LogP contribution in [0, 0.1) is 0 Å². The average molecular weight is 283 g/mol. The fourth-order valence-corrected chi connectivity index (χ4v) is 1.71. The molecule has 18 heavy (non-hydrogen) atoms. The first-order valence-corrected chi connectivity index (χ1v) is 5.79. The van der Waals surface area contributed by atoms with Gasteiger partial charge >= 0.3 is 5.97 Å². The summed E-state index contributed by atoms with van der Waals surface area (Å²) in [5.74, 6) is -0.247. The number of ether oxygens (including phenoxy) is 1. The minimum absolute atomic E-state index is 0.144. The molecule has 0 saturated carbocycles. The lowest BCUT2D eigenvalue weighted by Crippen LogP contribution is -1.96. The summed E-state index contributed by atoms with van der Waals surface area (Å²) in [7, 11) is 0. The van der Waals surface area contributed by atoms with Gasteiger partial charge in [-0.25, -0.2) is 4.79 Å². The number of halogens is 2. The third kappa shape index (κ3) is 2.75. The quantitative estimate of drug-likeness (QED) is 0.903. The molecule has 3 nitrogen and oxygen atoms in total. The first-order valence-electron chi connectivity index (χ1n) is 5.03. The van der Waals surface area contributed by atoms with Crippen molar-refractivity contribution in [3.63, 3.8) is 0 Å². The van der Waals surface area contributed by atoms with Crippen LogP contribution >= 0.6 is 23.2 Å². The van der Waals surface area contributed by atoms with Crippen molar-refractivity contribution >= 4 is 29.2 Å². The van der Waals surface area contributed by atoms with Crippen LogP contribution in [-0.4, -0.2) is 11.1 Å². The molecular formula is C13H8Cl2O3. The number of rotatable bonds is 3. The highest BCUT2D eigenvalue weighted by atomic mass is 35.5. The number of benzene rings is 2. The van der Waals surface area contributed by atoms with Crippen LogP contribution in [0.1, 0.15) is 10.4 Å². The van der Waals surface area contributed by atoms with Gasteiger partial charge in [-0.05, 0) is 30.3 Å². The second-order valence-corrected chi connectivity index (χ2v) is 4.27. The maximum absolute atomic E-state index is 10.8. The Bertz CT molecular complexity index is 597. The summed E-state index contributed by atoms with van der Waals surface area (Å²) in [4.78, 5) is 10.8. The van der Waals surface area contributed by atoms with Gasteiger partial charge in [0.1, 0.15) is 16.5 Å². The van der Waals surface area contributed by atoms with Crippen molar-refractivity contribution in [3.05, 3.63) is 58.1 Å². The molecule has 0 amide bonds. The zero-order valence-corrected chi connectivity index (χ0v) is 10.6. The van der Waals surface area contributed by atoms with Gasteiger partial charge in [0.15, 0.2) is 0 Å². The van der Waals surface area contributed by atoms with Crippen molar-refractivity contribution < 1.29 is 14.6 Å². The van der Waals surface area contributed by atoms with Crippen LogP contribution in [0.15, 0.2) is 42.5 Å². The number of carbonyl (C=O) groups is 1. The van der Waals surface area contributed by atoms with Crippen LogP contribution in [0.4, 0.5) is 0 Å². The largest absolute Gasteiger partial charge is 0.478 e. The van der Waals surface area contributed by atoms with Crippen molar-refractivity contribution in [2.45, 2.75) is 0 Å². The highest BCUT2D eigenvalue weighted by Gasteiger charge is 2.08. The Balaban J connectivity index is 2.31. The molecule has 92 valence electrons. The normalized spacial score (nSPS) is 10.1. The van der Waals surface area contributed by atoms with E-state index >= 15 is 0 Å². The van der Waals surface area contributed by atoms with E-state index in [1.54, 1.807) is 30.3 Å². The Morgan fingerprint density at radius 2 is 1.83 bits per heavy atom. The molecule has 0 bridgehead atoms. The van der Waals surface area contributed by atoms with Crippen molar-refractivity contribution in [1.29, 1.82) is 0 Å². The van der Waals surface area contributed by atoms with Crippen LogP contribution in [0.2, 0.25) is 10.0 Å². The number of carboxylic acids is 1. The number of hydrogen-bond acceptors (Lipinski definition) is 2. The molecule has 2 aromatic rings. The fourth-order valence-electron chi connectivity index (χ4n) is 1.38. The van der Waals surface area contributed by atoms with Crippen LogP contribution in [0.5, 0.6) is 11.5 Å². The van der Waals surface area contributed by atoms with Crippen molar-refractivity contribution in [2.24, 2.45) is 0 Å². The Morgan fingerprint density at radius 1 is 1.11 bits per heavy atom. The van der Waals surface area contributed by atoms with Crippen molar-refractivity contribution in [3.8, 4) is 11.5 Å². The Kier molecular flexibility index (Phi) is 3.75. The van der Waals surface area contributed by atoms with E-state index in [2.05, 4.69) is 0 Å². The number of aromatic carboxylic acids is 1. The third-order valence-electron chi connectivity index (χ3n) is 2.22. The summed E-state index contributed by atoms with van der Waals surface area (Å²) in [5.41, 5.74) is 0.144. The summed E-state index contributed by atoms with van der Waals surface area (Å²) < 4.78 is 5.50. The number of hydrogen-bond donors (Lipinski definition) is 1. The molecule has 0 saturated heterocycles. The Labute approximate surface area is 114 Å². The molecular weight excluding hydrogens is 275 g/mol. The topological polar surface area (TPSA) is 46.5 Å². The summed E-state index contributed by atoms with van der Waals surface area (Å²) in [6.45, 7) is 0. The SMILES string of the molecule is O=C(O)c1cccc(Oc2cccc(Cl)c2Cl)c1. The zero-order valence-electron chi connectivity index (χ0n) is 9.06. The van der Waals surface area contributed by atoms with Crippen LogP contribution in [-0.2, 0) is 0 Å². The minimum Gasteiger partial charge on any atom is -0.478 e. The van der Waals surface area contributed by atoms with E-state index in [4.69, 9.17) is 33.0 Å². The van der Waals surface area contributed by atoms with Gasteiger partial charge in [0.05, 0.1) is 10.6 Å². The van der Waals surface area contributed by atoms with Crippen LogP contribution in [0.25, 0.3) is 0 Å². The van der Waals surface area contributed by atoms with E-state index in [1.807, 2.05) is 0 Å². The average Bonchev–Trinajstić information content (AvgIpc) is 2.35. The molecule has 0 fully saturated rings. The Morgan fingerprint density at radius 3 is 2.56 bits per heavy atom. The molecule has 2 rings (SSSR count). The van der Waals surface area contributed by atoms with Crippen LogP contribution < -0.4 is 4.74 Å². The van der Waals surface area contributed by atoms with E-state index in [0.29, 0.717) is 21.5 Å². The molecule has 0 atom stereocenters. The maximum atomic E-state index is 10.8. The lowest BCUT2D eigenvalue weighted by Gasteiger charge is -2.08. The molecule has 0 aliphatic rings. The van der Waals surface area contributed by atoms with Gasteiger partial charge in [-0.2, -0.15) is 0 Å². The van der Waals surface area contributed by atoms with Gasteiger partial charge in [0, 0.05) is 0 Å². The van der Waals surface area contributed by atoms with E-state index < -0.39 is 5.97 Å². The van der Waals surface area contributed by atoms with Crippen molar-refractivity contribution in [2.75, 3.05) is 0 Å². The molecule has 0 aromatic heterocycles. The monoisotopic (exact) mass is 282 g/mol. The molecule has 0 spiro atoms. The summed E-state index contributed by atoms with van der Waals surface area (Å²) in [6, 6.07) is 11.1. The molecule has 0 radical (unpaired) electrons. The minimum atomic E-state index is -1.02. The van der Waals surface area contributed by atoms with Gasteiger partial charge in [0.25, 0.3) is 0 Å². The van der Waals surface area contributed by atoms with Gasteiger partial charge in [-0.15, -0.1) is 0 Å². The summed E-state index contributed by atoms with van der Waals surface area (Å²) in [6.07, 6.45) is 0. The highest BCUT2D eigenvalue weighted by molar-refractivity contribution is 6.42. The van der Waals surface area contributed by atoms with Gasteiger partial charge in [-0.3, -0.25) is 0 Å². The second kappa shape index (κ2) is 5.29. The zero-order chi connectivity index (χ0) is 13.1.